The standard InChI is InChI=1S/C11H22N2S/c1-5-9(2)6-12-10-13-7-11(3,4)8-14-10/h9H,5-8H2,1-4H3,(H,12,13). The Labute approximate surface area is 92.0 Å². The summed E-state index contributed by atoms with van der Waals surface area (Å²) in [6, 6.07) is 0. The molecule has 1 rings (SSSR count). The summed E-state index contributed by atoms with van der Waals surface area (Å²) < 4.78 is 0. The molecule has 1 aliphatic heterocycles. The Balaban J connectivity index is 2.30. The first-order chi connectivity index (χ1) is 6.53. The van der Waals surface area contributed by atoms with Crippen molar-refractivity contribution in [1.82, 2.24) is 5.32 Å². The smallest absolute Gasteiger partial charge is 0.156 e. The summed E-state index contributed by atoms with van der Waals surface area (Å²) in [6.45, 7) is 11.1. The molecule has 0 spiro atoms. The third-order valence-electron chi connectivity index (χ3n) is 2.55. The fraction of sp³-hybridized carbons (Fsp3) is 0.909. The molecule has 3 heteroatoms. The Hall–Kier alpha value is -0.180. The molecule has 14 heavy (non-hydrogen) atoms. The van der Waals surface area contributed by atoms with Crippen molar-refractivity contribution in [2.75, 3.05) is 18.8 Å². The third kappa shape index (κ3) is 3.91. The van der Waals surface area contributed by atoms with Gasteiger partial charge in [-0.25, -0.2) is 0 Å². The van der Waals surface area contributed by atoms with Crippen molar-refractivity contribution in [3.05, 3.63) is 0 Å². The Morgan fingerprint density at radius 1 is 1.57 bits per heavy atom. The van der Waals surface area contributed by atoms with Gasteiger partial charge >= 0.3 is 0 Å². The van der Waals surface area contributed by atoms with Gasteiger partial charge < -0.3 is 5.32 Å². The van der Waals surface area contributed by atoms with Gasteiger partial charge in [0, 0.05) is 18.8 Å². The predicted octanol–water partition coefficient (Wildman–Crippen LogP) is 2.75. The maximum absolute atomic E-state index is 4.56. The fourth-order valence-corrected chi connectivity index (χ4v) is 2.11. The van der Waals surface area contributed by atoms with Crippen LogP contribution in [0.3, 0.4) is 0 Å². The lowest BCUT2D eigenvalue weighted by Crippen LogP contribution is -2.33. The van der Waals surface area contributed by atoms with Crippen LogP contribution >= 0.6 is 11.8 Å². The first-order valence-corrected chi connectivity index (χ1v) is 6.43. The molecule has 0 saturated heterocycles. The summed E-state index contributed by atoms with van der Waals surface area (Å²) in [5.41, 5.74) is 0.381. The van der Waals surface area contributed by atoms with E-state index < -0.39 is 0 Å². The molecular formula is C11H22N2S. The number of hydrogen-bond donors (Lipinski definition) is 1. The normalized spacial score (nSPS) is 22.7. The van der Waals surface area contributed by atoms with E-state index in [1.807, 2.05) is 11.8 Å². The highest BCUT2D eigenvalue weighted by molar-refractivity contribution is 8.13. The monoisotopic (exact) mass is 214 g/mol. The summed E-state index contributed by atoms with van der Waals surface area (Å²) in [7, 11) is 0. The maximum Gasteiger partial charge on any atom is 0.156 e. The largest absolute Gasteiger partial charge is 0.365 e. The highest BCUT2D eigenvalue weighted by Gasteiger charge is 2.23. The van der Waals surface area contributed by atoms with Crippen LogP contribution in [0, 0.1) is 11.3 Å². The molecule has 0 fully saturated rings. The van der Waals surface area contributed by atoms with Crippen LogP contribution in [-0.2, 0) is 0 Å². The SMILES string of the molecule is CCC(C)CNC1=NCC(C)(C)CS1. The third-order valence-corrected chi connectivity index (χ3v) is 4.02. The first-order valence-electron chi connectivity index (χ1n) is 5.44. The Bertz CT molecular complexity index is 211. The van der Waals surface area contributed by atoms with Crippen LogP contribution in [0.25, 0.3) is 0 Å². The van der Waals surface area contributed by atoms with Gasteiger partial charge in [0.05, 0.1) is 0 Å². The van der Waals surface area contributed by atoms with E-state index >= 15 is 0 Å². The van der Waals surface area contributed by atoms with E-state index in [1.54, 1.807) is 0 Å². The molecule has 0 amide bonds. The molecular weight excluding hydrogens is 192 g/mol. The first kappa shape index (κ1) is 11.9. The fourth-order valence-electron chi connectivity index (χ4n) is 1.15. The number of hydrogen-bond acceptors (Lipinski definition) is 3. The second kappa shape index (κ2) is 5.06. The lowest BCUT2D eigenvalue weighted by molar-refractivity contribution is 0.436. The van der Waals surface area contributed by atoms with Gasteiger partial charge in [-0.1, -0.05) is 45.9 Å². The molecule has 0 aromatic heterocycles. The molecule has 1 aliphatic rings. The molecule has 0 aromatic rings. The topological polar surface area (TPSA) is 24.4 Å². The van der Waals surface area contributed by atoms with E-state index in [0.717, 1.165) is 24.2 Å². The molecule has 0 aromatic carbocycles. The minimum atomic E-state index is 0.381. The molecule has 0 saturated carbocycles. The maximum atomic E-state index is 4.56. The van der Waals surface area contributed by atoms with Crippen LogP contribution in [0.5, 0.6) is 0 Å². The van der Waals surface area contributed by atoms with Gasteiger partial charge in [-0.15, -0.1) is 0 Å². The number of thioether (sulfide) groups is 1. The molecule has 1 atom stereocenters. The van der Waals surface area contributed by atoms with E-state index in [-0.39, 0.29) is 0 Å². The highest BCUT2D eigenvalue weighted by atomic mass is 32.2. The molecule has 1 unspecified atom stereocenters. The van der Waals surface area contributed by atoms with Gasteiger partial charge in [0.25, 0.3) is 0 Å². The van der Waals surface area contributed by atoms with E-state index in [2.05, 4.69) is 38.0 Å². The number of nitrogens with zero attached hydrogens (tertiary/aromatic N) is 1. The Kier molecular flexibility index (Phi) is 4.30. The van der Waals surface area contributed by atoms with Crippen molar-refractivity contribution in [2.24, 2.45) is 16.3 Å². The van der Waals surface area contributed by atoms with Crippen LogP contribution in [-0.4, -0.2) is 24.0 Å². The summed E-state index contributed by atoms with van der Waals surface area (Å²) in [6.07, 6.45) is 1.23. The van der Waals surface area contributed by atoms with Crippen molar-refractivity contribution in [3.8, 4) is 0 Å². The van der Waals surface area contributed by atoms with Crippen molar-refractivity contribution in [1.29, 1.82) is 0 Å². The van der Waals surface area contributed by atoms with Crippen molar-refractivity contribution in [3.63, 3.8) is 0 Å². The quantitative estimate of drug-likeness (QED) is 0.781. The molecule has 1 heterocycles. The van der Waals surface area contributed by atoms with Crippen LogP contribution in [0.1, 0.15) is 34.1 Å². The number of nitrogens with one attached hydrogen (secondary N) is 1. The summed E-state index contributed by atoms with van der Waals surface area (Å²) in [5, 5.41) is 4.57. The van der Waals surface area contributed by atoms with Gasteiger partial charge in [-0.3, -0.25) is 4.99 Å². The van der Waals surface area contributed by atoms with Gasteiger partial charge in [0.2, 0.25) is 0 Å². The molecule has 0 bridgehead atoms. The Morgan fingerprint density at radius 3 is 2.79 bits per heavy atom. The zero-order valence-electron chi connectivity index (χ0n) is 9.76. The van der Waals surface area contributed by atoms with E-state index in [1.165, 1.54) is 12.2 Å². The Morgan fingerprint density at radius 2 is 2.29 bits per heavy atom. The van der Waals surface area contributed by atoms with Crippen LogP contribution in [0.4, 0.5) is 0 Å². The van der Waals surface area contributed by atoms with Crippen molar-refractivity contribution < 1.29 is 0 Å². The summed E-state index contributed by atoms with van der Waals surface area (Å²) in [5.74, 6) is 1.92. The van der Waals surface area contributed by atoms with E-state index in [4.69, 9.17) is 0 Å². The average molecular weight is 214 g/mol. The van der Waals surface area contributed by atoms with Gasteiger partial charge in [-0.05, 0) is 11.3 Å². The van der Waals surface area contributed by atoms with Gasteiger partial charge in [0.1, 0.15) is 0 Å². The van der Waals surface area contributed by atoms with Gasteiger partial charge in [-0.2, -0.15) is 0 Å². The molecule has 82 valence electrons. The lowest BCUT2D eigenvalue weighted by atomic mass is 9.97. The summed E-state index contributed by atoms with van der Waals surface area (Å²) in [4.78, 5) is 4.56. The van der Waals surface area contributed by atoms with Crippen LogP contribution < -0.4 is 5.32 Å². The lowest BCUT2D eigenvalue weighted by Gasteiger charge is -2.27. The second-order valence-corrected chi connectivity index (χ2v) is 5.93. The summed E-state index contributed by atoms with van der Waals surface area (Å²) >= 11 is 1.86. The number of aliphatic imine (C=N–C) groups is 1. The van der Waals surface area contributed by atoms with Crippen LogP contribution in [0.2, 0.25) is 0 Å². The second-order valence-electron chi connectivity index (χ2n) is 4.97. The molecule has 0 aliphatic carbocycles. The molecule has 1 N–H and O–H groups in total. The zero-order chi connectivity index (χ0) is 10.6. The molecule has 2 nitrogen and oxygen atoms in total. The molecule has 0 radical (unpaired) electrons. The average Bonchev–Trinajstić information content (AvgIpc) is 2.16. The van der Waals surface area contributed by atoms with Crippen LogP contribution in [0.15, 0.2) is 4.99 Å². The van der Waals surface area contributed by atoms with Gasteiger partial charge in [0.15, 0.2) is 5.17 Å². The zero-order valence-corrected chi connectivity index (χ0v) is 10.6. The van der Waals surface area contributed by atoms with Crippen molar-refractivity contribution in [2.45, 2.75) is 34.1 Å². The highest BCUT2D eigenvalue weighted by Crippen LogP contribution is 2.26. The van der Waals surface area contributed by atoms with Crippen molar-refractivity contribution >= 4 is 16.9 Å². The minimum Gasteiger partial charge on any atom is -0.365 e. The van der Waals surface area contributed by atoms with E-state index in [9.17, 15) is 0 Å². The number of amidine groups is 1. The predicted molar refractivity (Wildman–Crippen MR) is 66.0 cm³/mol. The number of rotatable bonds is 3. The minimum absolute atomic E-state index is 0.381. The van der Waals surface area contributed by atoms with E-state index in [0.29, 0.717) is 5.41 Å².